The lowest BCUT2D eigenvalue weighted by Crippen LogP contribution is -2.30. The van der Waals surface area contributed by atoms with Gasteiger partial charge in [-0.2, -0.15) is 0 Å². The molecule has 0 aliphatic heterocycles. The molecule has 0 saturated carbocycles. The molecule has 34 heavy (non-hydrogen) atoms. The Kier molecular flexibility index (Phi) is 6.26. The lowest BCUT2D eigenvalue weighted by molar-refractivity contribution is 0.481. The molecule has 0 bridgehead atoms. The number of azo groups is 1. The predicted molar refractivity (Wildman–Crippen MR) is 137 cm³/mol. The van der Waals surface area contributed by atoms with Gasteiger partial charge in [-0.3, -0.25) is 4.31 Å². The van der Waals surface area contributed by atoms with E-state index < -0.39 is 10.0 Å². The van der Waals surface area contributed by atoms with Crippen molar-refractivity contribution in [2.45, 2.75) is 25.7 Å². The Hall–Kier alpha value is -3.91. The van der Waals surface area contributed by atoms with Crippen molar-refractivity contribution in [1.29, 1.82) is 0 Å². The molecule has 0 aromatic heterocycles. The third-order valence-corrected chi connectivity index (χ3v) is 7.45. The molecule has 4 rings (SSSR count). The number of benzene rings is 4. The van der Waals surface area contributed by atoms with Gasteiger partial charge in [-0.15, -0.1) is 10.2 Å². The van der Waals surface area contributed by atoms with E-state index in [4.69, 9.17) is 5.73 Å². The molecule has 0 heterocycles. The summed E-state index contributed by atoms with van der Waals surface area (Å²) in [5, 5.41) is 20.4. The molecule has 0 fully saturated rings. The Morgan fingerprint density at radius 2 is 1.65 bits per heavy atom. The van der Waals surface area contributed by atoms with Crippen molar-refractivity contribution in [3.8, 4) is 5.75 Å². The number of nitrogen functional groups attached to an aromatic ring is 1. The van der Waals surface area contributed by atoms with Crippen molar-refractivity contribution in [2.24, 2.45) is 10.2 Å². The van der Waals surface area contributed by atoms with Gasteiger partial charge in [0.05, 0.1) is 16.8 Å². The summed E-state index contributed by atoms with van der Waals surface area (Å²) in [5.74, 6) is 0.0363. The number of hydrogen-bond acceptors (Lipinski definition) is 6. The molecule has 174 valence electrons. The number of phenolic OH excluding ortho intramolecular Hbond substituents is 1. The molecule has 4 aromatic rings. The van der Waals surface area contributed by atoms with Crippen LogP contribution in [0.2, 0.25) is 0 Å². The van der Waals surface area contributed by atoms with E-state index in [0.717, 1.165) is 16.5 Å². The summed E-state index contributed by atoms with van der Waals surface area (Å²) in [6.07, 6.45) is 0. The maximum Gasteiger partial charge on any atom is 0.266 e. The van der Waals surface area contributed by atoms with E-state index in [1.54, 1.807) is 67.6 Å². The fourth-order valence-electron chi connectivity index (χ4n) is 3.91. The maximum absolute atomic E-state index is 13.7. The van der Waals surface area contributed by atoms with Crippen molar-refractivity contribution in [3.05, 3.63) is 83.9 Å². The first-order valence-corrected chi connectivity index (χ1v) is 12.3. The van der Waals surface area contributed by atoms with Crippen LogP contribution in [0.1, 0.15) is 18.1 Å². The van der Waals surface area contributed by atoms with Crippen LogP contribution in [0.15, 0.2) is 87.9 Å². The molecule has 0 aliphatic rings. The number of hydrogen-bond donors (Lipinski definition) is 2. The highest BCUT2D eigenvalue weighted by molar-refractivity contribution is 7.93. The Bertz CT molecular complexity index is 1500. The molecule has 0 spiro atoms. The summed E-state index contributed by atoms with van der Waals surface area (Å²) in [5.41, 5.74) is 9.19. The molecule has 0 saturated heterocycles. The number of nitrogens with zero attached hydrogens (tertiary/aromatic N) is 3. The van der Waals surface area contributed by atoms with E-state index in [1.165, 1.54) is 4.31 Å². The summed E-state index contributed by atoms with van der Waals surface area (Å²) >= 11 is 0. The molecule has 3 N–H and O–H groups in total. The molecule has 0 atom stereocenters. The Morgan fingerprint density at radius 1 is 0.912 bits per heavy atom. The van der Waals surface area contributed by atoms with Crippen LogP contribution in [0.5, 0.6) is 5.75 Å². The molecular weight excluding hydrogens is 448 g/mol. The van der Waals surface area contributed by atoms with Gasteiger partial charge in [-0.05, 0) is 73.7 Å². The minimum atomic E-state index is -3.93. The summed E-state index contributed by atoms with van der Waals surface area (Å²) in [6, 6.07) is 20.9. The Labute approximate surface area is 199 Å². The van der Waals surface area contributed by atoms with Crippen LogP contribution in [0.25, 0.3) is 10.8 Å². The zero-order valence-corrected chi connectivity index (χ0v) is 20.0. The third-order valence-electron chi connectivity index (χ3n) is 5.52. The number of fused-ring (bicyclic) bond motifs is 1. The van der Waals surface area contributed by atoms with Crippen LogP contribution < -0.4 is 10.0 Å². The van der Waals surface area contributed by atoms with Gasteiger partial charge in [-0.1, -0.05) is 36.4 Å². The molecule has 0 amide bonds. The van der Waals surface area contributed by atoms with Gasteiger partial charge in [-0.25, -0.2) is 8.42 Å². The summed E-state index contributed by atoms with van der Waals surface area (Å²) in [4.78, 5) is 0.0424. The Morgan fingerprint density at radius 3 is 2.35 bits per heavy atom. The number of aryl methyl sites for hydroxylation is 2. The first kappa shape index (κ1) is 23.3. The van der Waals surface area contributed by atoms with Crippen molar-refractivity contribution in [3.63, 3.8) is 0 Å². The summed E-state index contributed by atoms with van der Waals surface area (Å²) in [6.45, 7) is 5.73. The van der Waals surface area contributed by atoms with Gasteiger partial charge in [0.1, 0.15) is 22.0 Å². The largest absolute Gasteiger partial charge is 0.507 e. The fraction of sp³-hybridized carbons (Fsp3) is 0.154. The van der Waals surface area contributed by atoms with E-state index in [-0.39, 0.29) is 28.6 Å². The molecule has 8 heteroatoms. The van der Waals surface area contributed by atoms with Gasteiger partial charge in [0.25, 0.3) is 10.0 Å². The molecule has 4 aromatic carbocycles. The van der Waals surface area contributed by atoms with Crippen molar-refractivity contribution < 1.29 is 13.5 Å². The maximum atomic E-state index is 13.7. The third kappa shape index (κ3) is 4.32. The van der Waals surface area contributed by atoms with E-state index in [1.807, 2.05) is 26.0 Å². The number of aromatic hydroxyl groups is 1. The molecular formula is C26H26N4O3S. The van der Waals surface area contributed by atoms with Gasteiger partial charge in [0, 0.05) is 6.54 Å². The van der Waals surface area contributed by atoms with Gasteiger partial charge >= 0.3 is 0 Å². The number of anilines is 2. The van der Waals surface area contributed by atoms with Gasteiger partial charge in [0.2, 0.25) is 0 Å². The number of rotatable bonds is 6. The highest BCUT2D eigenvalue weighted by Gasteiger charge is 2.27. The monoisotopic (exact) mass is 474 g/mol. The minimum absolute atomic E-state index is 0.0363. The van der Waals surface area contributed by atoms with Crippen LogP contribution in [0.3, 0.4) is 0 Å². The van der Waals surface area contributed by atoms with Crippen molar-refractivity contribution in [2.75, 3.05) is 16.6 Å². The first-order valence-electron chi connectivity index (χ1n) is 10.8. The number of para-hydroxylation sites is 1. The highest BCUT2D eigenvalue weighted by atomic mass is 32.2. The first-order chi connectivity index (χ1) is 16.2. The number of sulfonamides is 1. The van der Waals surface area contributed by atoms with E-state index in [2.05, 4.69) is 10.2 Å². The lowest BCUT2D eigenvalue weighted by atomic mass is 10.0. The average molecular weight is 475 g/mol. The van der Waals surface area contributed by atoms with Crippen LogP contribution in [0, 0.1) is 13.8 Å². The number of phenols is 1. The van der Waals surface area contributed by atoms with Crippen LogP contribution in [-0.4, -0.2) is 20.1 Å². The minimum Gasteiger partial charge on any atom is -0.507 e. The van der Waals surface area contributed by atoms with Gasteiger partial charge in [0.15, 0.2) is 0 Å². The fourth-order valence-corrected chi connectivity index (χ4v) is 5.60. The number of nitrogens with two attached hydrogens (primary N) is 1. The normalized spacial score (nSPS) is 11.9. The standard InChI is InChI=1S/C26H26N4O3S/c1-4-30(20-8-6-5-7-9-20)34(32,33)24-16-17(2)10-13-22(24)28-29-26-21(27)12-11-19-14-18(3)15-23(31)25(19)26/h5-16,31H,4,27H2,1-3H3/b29-28+. The summed E-state index contributed by atoms with van der Waals surface area (Å²) < 4.78 is 28.7. The quantitative estimate of drug-likeness (QED) is 0.250. The highest BCUT2D eigenvalue weighted by Crippen LogP contribution is 2.40. The molecule has 0 radical (unpaired) electrons. The van der Waals surface area contributed by atoms with Crippen molar-refractivity contribution >= 4 is 43.5 Å². The topological polar surface area (TPSA) is 108 Å². The zero-order valence-electron chi connectivity index (χ0n) is 19.2. The molecule has 7 nitrogen and oxygen atoms in total. The predicted octanol–water partition coefficient (Wildman–Crippen LogP) is 6.38. The Balaban J connectivity index is 1.86. The van der Waals surface area contributed by atoms with E-state index in [0.29, 0.717) is 16.8 Å². The van der Waals surface area contributed by atoms with E-state index in [9.17, 15) is 13.5 Å². The second-order valence-corrected chi connectivity index (χ2v) is 9.89. The summed E-state index contributed by atoms with van der Waals surface area (Å²) in [7, 11) is -3.93. The van der Waals surface area contributed by atoms with Crippen LogP contribution in [0.4, 0.5) is 22.7 Å². The zero-order chi connectivity index (χ0) is 24.5. The lowest BCUT2D eigenvalue weighted by Gasteiger charge is -2.23. The second-order valence-electron chi connectivity index (χ2n) is 8.06. The van der Waals surface area contributed by atoms with Crippen LogP contribution in [-0.2, 0) is 10.0 Å². The smallest absolute Gasteiger partial charge is 0.266 e. The van der Waals surface area contributed by atoms with Gasteiger partial charge < -0.3 is 10.8 Å². The molecule has 0 aliphatic carbocycles. The van der Waals surface area contributed by atoms with E-state index >= 15 is 0 Å². The average Bonchev–Trinajstić information content (AvgIpc) is 2.80. The second kappa shape index (κ2) is 9.15. The molecule has 0 unspecified atom stereocenters. The SMILES string of the molecule is CCN(c1ccccc1)S(=O)(=O)c1cc(C)ccc1/N=N/c1c(N)ccc2cc(C)cc(O)c12. The van der Waals surface area contributed by atoms with Crippen molar-refractivity contribution in [1.82, 2.24) is 0 Å². The van der Waals surface area contributed by atoms with Crippen LogP contribution >= 0.6 is 0 Å².